The molecule has 1 fully saturated rings. The molecule has 7 heterocycles. The Hall–Kier alpha value is -3.47. The maximum atomic E-state index is 12.3. The van der Waals surface area contributed by atoms with E-state index in [1.807, 2.05) is 30.3 Å². The van der Waals surface area contributed by atoms with Crippen molar-refractivity contribution in [1.29, 1.82) is 5.26 Å². The highest BCUT2D eigenvalue weighted by Crippen LogP contribution is 2.27. The third-order valence-electron chi connectivity index (χ3n) is 6.52. The number of carbonyl (C=O) groups is 1. The number of nitrogens with zero attached hydrogens (tertiary/aromatic N) is 5. The standard InChI is InChI=1S/C27H29IN8O2/c28-23-15-22-5-6-24(23)38-14-8-30-25(37)7-9-35-10-12-36(13-11-35)18-19-1-3-21(4-2-19)32-26-20(16-29)17-31-27(33-22)34-26/h1-6,15,17H,7-14,18H2,(H,30,37)(H2,31,32,33,34). The molecule has 9 rings (SSSR count). The molecule has 11 heteroatoms. The lowest BCUT2D eigenvalue weighted by atomic mass is 10.1. The molecule has 0 atom stereocenters. The molecule has 0 saturated carbocycles. The summed E-state index contributed by atoms with van der Waals surface area (Å²) in [5.74, 6) is 1.60. The van der Waals surface area contributed by atoms with Crippen LogP contribution >= 0.6 is 22.6 Å². The minimum atomic E-state index is 0.0475. The fourth-order valence-corrected chi connectivity index (χ4v) is 5.07. The SMILES string of the molecule is N#Cc1cnc2nc1Nc1ccc(cc1)CN1CCN(CCC(=O)NCCOc3ccc(cc3I)N2)CC1. The van der Waals surface area contributed by atoms with Gasteiger partial charge >= 0.3 is 0 Å². The lowest BCUT2D eigenvalue weighted by Crippen LogP contribution is -2.46. The third-order valence-corrected chi connectivity index (χ3v) is 7.36. The average molecular weight is 624 g/mol. The zero-order chi connectivity index (χ0) is 26.3. The molecule has 0 aliphatic carbocycles. The number of anilines is 4. The van der Waals surface area contributed by atoms with Crippen LogP contribution in [-0.2, 0) is 11.3 Å². The van der Waals surface area contributed by atoms with Gasteiger partial charge in [-0.3, -0.25) is 9.69 Å². The van der Waals surface area contributed by atoms with Gasteiger partial charge in [0.25, 0.3) is 0 Å². The predicted molar refractivity (Wildman–Crippen MR) is 154 cm³/mol. The second-order valence-electron chi connectivity index (χ2n) is 9.23. The lowest BCUT2D eigenvalue weighted by molar-refractivity contribution is -0.121. The second kappa shape index (κ2) is 12.4. The van der Waals surface area contributed by atoms with Gasteiger partial charge in [0.05, 0.1) is 16.3 Å². The Labute approximate surface area is 235 Å². The fraction of sp³-hybridized carbons (Fsp3) is 0.333. The maximum absolute atomic E-state index is 12.3. The number of nitriles is 1. The summed E-state index contributed by atoms with van der Waals surface area (Å²) in [6, 6.07) is 16.0. The minimum absolute atomic E-state index is 0.0475. The average Bonchev–Trinajstić information content (AvgIpc) is 2.92. The number of piperazine rings is 1. The first-order valence-corrected chi connectivity index (χ1v) is 13.7. The van der Waals surface area contributed by atoms with Crippen LogP contribution in [0.5, 0.6) is 5.75 Å². The number of ether oxygens (including phenoxy) is 1. The van der Waals surface area contributed by atoms with E-state index in [9.17, 15) is 10.1 Å². The number of hydrogen-bond acceptors (Lipinski definition) is 9. The number of aromatic nitrogens is 2. The van der Waals surface area contributed by atoms with Gasteiger partial charge in [0.1, 0.15) is 24.0 Å². The van der Waals surface area contributed by atoms with Gasteiger partial charge in [-0.2, -0.15) is 10.2 Å². The smallest absolute Gasteiger partial charge is 0.229 e. The van der Waals surface area contributed by atoms with E-state index < -0.39 is 0 Å². The van der Waals surface area contributed by atoms with Crippen LogP contribution in [0.3, 0.4) is 0 Å². The molecule has 0 spiro atoms. The molecule has 1 saturated heterocycles. The molecule has 1 aromatic heterocycles. The zero-order valence-corrected chi connectivity index (χ0v) is 23.1. The molecule has 196 valence electrons. The summed E-state index contributed by atoms with van der Waals surface area (Å²) in [6.07, 6.45) is 2.00. The van der Waals surface area contributed by atoms with Crippen molar-refractivity contribution in [3.05, 3.63) is 63.4 Å². The molecule has 6 aliphatic rings. The summed E-state index contributed by atoms with van der Waals surface area (Å²) >= 11 is 2.21. The molecule has 3 aromatic rings. The molecule has 8 bridgehead atoms. The Balaban J connectivity index is 1.36. The van der Waals surface area contributed by atoms with Gasteiger partial charge in [-0.25, -0.2) is 4.98 Å². The van der Waals surface area contributed by atoms with E-state index in [2.05, 4.69) is 76.5 Å². The summed E-state index contributed by atoms with van der Waals surface area (Å²) in [6.45, 7) is 6.32. The first-order chi connectivity index (χ1) is 18.6. The Morgan fingerprint density at radius 1 is 0.974 bits per heavy atom. The number of amides is 1. The minimum Gasteiger partial charge on any atom is -0.491 e. The van der Waals surface area contributed by atoms with Gasteiger partial charge in [-0.05, 0) is 58.5 Å². The van der Waals surface area contributed by atoms with Crippen LogP contribution in [0.25, 0.3) is 0 Å². The molecule has 38 heavy (non-hydrogen) atoms. The van der Waals surface area contributed by atoms with Gasteiger partial charge in [0.2, 0.25) is 11.9 Å². The normalized spacial score (nSPS) is 20.2. The number of benzene rings is 2. The summed E-state index contributed by atoms with van der Waals surface area (Å²) in [7, 11) is 0. The van der Waals surface area contributed by atoms with Crippen LogP contribution in [0.1, 0.15) is 17.5 Å². The van der Waals surface area contributed by atoms with Crippen LogP contribution < -0.4 is 20.7 Å². The maximum Gasteiger partial charge on any atom is 0.229 e. The number of hydrogen-bond donors (Lipinski definition) is 3. The molecule has 0 radical (unpaired) electrons. The fourth-order valence-electron chi connectivity index (χ4n) is 4.40. The van der Waals surface area contributed by atoms with E-state index in [-0.39, 0.29) is 5.91 Å². The van der Waals surface area contributed by atoms with Crippen LogP contribution in [0, 0.1) is 14.9 Å². The van der Waals surface area contributed by atoms with E-state index in [0.717, 1.165) is 60.0 Å². The van der Waals surface area contributed by atoms with Crippen molar-refractivity contribution in [2.45, 2.75) is 13.0 Å². The quantitative estimate of drug-likeness (QED) is 0.324. The van der Waals surface area contributed by atoms with Gasteiger partial charge in [0.15, 0.2) is 5.82 Å². The van der Waals surface area contributed by atoms with Gasteiger partial charge in [0, 0.05) is 57.1 Å². The molecular formula is C27H29IN8O2. The van der Waals surface area contributed by atoms with Crippen molar-refractivity contribution in [3.63, 3.8) is 0 Å². The summed E-state index contributed by atoms with van der Waals surface area (Å²) in [4.78, 5) is 25.9. The number of carbonyl (C=O) groups excluding carboxylic acids is 1. The molecule has 6 aliphatic heterocycles. The van der Waals surface area contributed by atoms with Crippen LogP contribution in [0.2, 0.25) is 0 Å². The summed E-state index contributed by atoms with van der Waals surface area (Å²) in [5, 5.41) is 19.0. The van der Waals surface area contributed by atoms with E-state index in [1.54, 1.807) is 0 Å². The molecule has 3 N–H and O–H groups in total. The van der Waals surface area contributed by atoms with Crippen molar-refractivity contribution >= 4 is 51.6 Å². The Kier molecular flexibility index (Phi) is 8.52. The first-order valence-electron chi connectivity index (χ1n) is 12.6. The lowest BCUT2D eigenvalue weighted by Gasteiger charge is -2.34. The highest BCUT2D eigenvalue weighted by molar-refractivity contribution is 14.1. The highest BCUT2D eigenvalue weighted by atomic mass is 127. The van der Waals surface area contributed by atoms with Crippen molar-refractivity contribution in [2.75, 3.05) is 56.5 Å². The monoisotopic (exact) mass is 624 g/mol. The number of nitrogens with one attached hydrogen (secondary N) is 3. The molecular weight excluding hydrogens is 595 g/mol. The first kappa shape index (κ1) is 26.1. The van der Waals surface area contributed by atoms with E-state index in [4.69, 9.17) is 4.74 Å². The predicted octanol–water partition coefficient (Wildman–Crippen LogP) is 3.46. The second-order valence-corrected chi connectivity index (χ2v) is 10.4. The van der Waals surface area contributed by atoms with Crippen molar-refractivity contribution in [3.8, 4) is 11.8 Å². The molecule has 2 aromatic carbocycles. The van der Waals surface area contributed by atoms with Crippen molar-refractivity contribution < 1.29 is 9.53 Å². The van der Waals surface area contributed by atoms with Crippen LogP contribution in [0.15, 0.2) is 48.7 Å². The molecule has 10 nitrogen and oxygen atoms in total. The van der Waals surface area contributed by atoms with Crippen LogP contribution in [-0.4, -0.2) is 71.6 Å². The van der Waals surface area contributed by atoms with Gasteiger partial charge in [-0.1, -0.05) is 12.1 Å². The molecule has 0 unspecified atom stereocenters. The number of halogens is 1. The number of rotatable bonds is 0. The van der Waals surface area contributed by atoms with Crippen LogP contribution in [0.4, 0.5) is 23.1 Å². The Morgan fingerprint density at radius 2 is 1.74 bits per heavy atom. The Morgan fingerprint density at radius 3 is 2.50 bits per heavy atom. The van der Waals surface area contributed by atoms with Gasteiger partial charge in [-0.15, -0.1) is 0 Å². The third kappa shape index (κ3) is 6.89. The summed E-state index contributed by atoms with van der Waals surface area (Å²) in [5.41, 5.74) is 3.22. The van der Waals surface area contributed by atoms with Crippen molar-refractivity contribution in [1.82, 2.24) is 25.1 Å². The topological polar surface area (TPSA) is 118 Å². The zero-order valence-electron chi connectivity index (χ0n) is 20.9. The highest BCUT2D eigenvalue weighted by Gasteiger charge is 2.18. The van der Waals surface area contributed by atoms with E-state index >= 15 is 0 Å². The number of fused-ring (bicyclic) bond motifs is 1. The van der Waals surface area contributed by atoms with E-state index in [1.165, 1.54) is 11.8 Å². The van der Waals surface area contributed by atoms with E-state index in [0.29, 0.717) is 36.9 Å². The Bertz CT molecular complexity index is 1320. The van der Waals surface area contributed by atoms with Crippen molar-refractivity contribution in [2.24, 2.45) is 0 Å². The largest absolute Gasteiger partial charge is 0.491 e. The van der Waals surface area contributed by atoms with Gasteiger partial charge < -0.3 is 25.6 Å². The summed E-state index contributed by atoms with van der Waals surface area (Å²) < 4.78 is 6.79. The molecule has 1 amide bonds.